The lowest BCUT2D eigenvalue weighted by Crippen LogP contribution is -2.47. The number of carbonyl (C=O) groups excluding carboxylic acids is 3. The minimum Gasteiger partial charge on any atom is -0.353 e. The zero-order valence-electron chi connectivity index (χ0n) is 19.7. The van der Waals surface area contributed by atoms with Crippen LogP contribution in [0.3, 0.4) is 0 Å². The summed E-state index contributed by atoms with van der Waals surface area (Å²) < 4.78 is 0. The van der Waals surface area contributed by atoms with Gasteiger partial charge in [0.1, 0.15) is 0 Å². The maximum atomic E-state index is 12.7. The monoisotopic (exact) mass is 450 g/mol. The summed E-state index contributed by atoms with van der Waals surface area (Å²) >= 11 is 0. The van der Waals surface area contributed by atoms with Crippen LogP contribution in [0.2, 0.25) is 0 Å². The molecule has 0 unspecified atom stereocenters. The van der Waals surface area contributed by atoms with Crippen LogP contribution in [0.5, 0.6) is 0 Å². The van der Waals surface area contributed by atoms with Gasteiger partial charge in [0.2, 0.25) is 11.8 Å². The van der Waals surface area contributed by atoms with E-state index in [1.807, 2.05) is 45.0 Å². The second-order valence-corrected chi connectivity index (χ2v) is 8.98. The molecule has 1 aliphatic heterocycles. The molecule has 2 aromatic rings. The zero-order chi connectivity index (χ0) is 23.8. The minimum atomic E-state index is -0.229. The van der Waals surface area contributed by atoms with E-state index in [1.165, 1.54) is 5.56 Å². The molecule has 0 atom stereocenters. The predicted octanol–water partition coefficient (Wildman–Crippen LogP) is 3.10. The van der Waals surface area contributed by atoms with Gasteiger partial charge < -0.3 is 16.0 Å². The molecule has 3 rings (SSSR count). The molecule has 0 aromatic heterocycles. The quantitative estimate of drug-likeness (QED) is 0.576. The van der Waals surface area contributed by atoms with Gasteiger partial charge in [0.25, 0.3) is 5.91 Å². The molecule has 7 nitrogen and oxygen atoms in total. The van der Waals surface area contributed by atoms with Crippen molar-refractivity contribution in [2.75, 3.05) is 25.0 Å². The van der Waals surface area contributed by atoms with Gasteiger partial charge in [0.15, 0.2) is 0 Å². The van der Waals surface area contributed by atoms with Crippen molar-refractivity contribution in [2.45, 2.75) is 46.2 Å². The molecule has 1 fully saturated rings. The maximum Gasteiger partial charge on any atom is 0.253 e. The molecule has 0 radical (unpaired) electrons. The van der Waals surface area contributed by atoms with Gasteiger partial charge in [-0.05, 0) is 37.5 Å². The summed E-state index contributed by atoms with van der Waals surface area (Å²) in [6, 6.07) is 15.2. The third-order valence-electron chi connectivity index (χ3n) is 5.85. The van der Waals surface area contributed by atoms with Crippen molar-refractivity contribution < 1.29 is 14.4 Å². The number of benzene rings is 2. The lowest BCUT2D eigenvalue weighted by molar-refractivity contribution is -0.125. The minimum absolute atomic E-state index is 0.0250. The molecule has 0 saturated carbocycles. The Morgan fingerprint density at radius 1 is 1.00 bits per heavy atom. The van der Waals surface area contributed by atoms with E-state index in [0.29, 0.717) is 17.8 Å². The molecule has 0 bridgehead atoms. The lowest BCUT2D eigenvalue weighted by Gasteiger charge is -2.32. The maximum absolute atomic E-state index is 12.7. The van der Waals surface area contributed by atoms with Crippen LogP contribution in [0.4, 0.5) is 5.69 Å². The predicted molar refractivity (Wildman–Crippen MR) is 130 cm³/mol. The number of nitrogens with zero attached hydrogens (tertiary/aromatic N) is 1. The molecule has 176 valence electrons. The summed E-state index contributed by atoms with van der Waals surface area (Å²) in [4.78, 5) is 39.4. The van der Waals surface area contributed by atoms with Crippen molar-refractivity contribution in [3.63, 3.8) is 0 Å². The molecule has 0 aliphatic carbocycles. The number of nitrogens with one attached hydrogen (secondary N) is 3. The summed E-state index contributed by atoms with van der Waals surface area (Å²) in [7, 11) is 0. The molecule has 3 amide bonds. The zero-order valence-corrected chi connectivity index (χ0v) is 19.7. The van der Waals surface area contributed by atoms with Crippen LogP contribution in [0.1, 0.15) is 48.2 Å². The van der Waals surface area contributed by atoms with E-state index in [4.69, 9.17) is 0 Å². The SMILES string of the molecule is Cc1ccc(CNC(=O)c2ccccc2NC(=O)CN2CCC(NC(=O)C(C)C)CC2)cc1. The molecular weight excluding hydrogens is 416 g/mol. The fraction of sp³-hybridized carbons (Fsp3) is 0.423. The summed E-state index contributed by atoms with van der Waals surface area (Å²) in [6.45, 7) is 7.96. The van der Waals surface area contributed by atoms with E-state index in [2.05, 4.69) is 20.9 Å². The Labute approximate surface area is 195 Å². The number of amides is 3. The third kappa shape index (κ3) is 7.43. The van der Waals surface area contributed by atoms with Crippen molar-refractivity contribution in [3.8, 4) is 0 Å². The van der Waals surface area contributed by atoms with Crippen LogP contribution in [0.25, 0.3) is 0 Å². The van der Waals surface area contributed by atoms with Crippen molar-refractivity contribution >= 4 is 23.4 Å². The lowest BCUT2D eigenvalue weighted by atomic mass is 10.0. The number of carbonyl (C=O) groups is 3. The second-order valence-electron chi connectivity index (χ2n) is 8.98. The summed E-state index contributed by atoms with van der Waals surface area (Å²) in [5, 5.41) is 8.88. The van der Waals surface area contributed by atoms with Gasteiger partial charge >= 0.3 is 0 Å². The number of likely N-dealkylation sites (tertiary alicyclic amines) is 1. The molecular formula is C26H34N4O3. The van der Waals surface area contributed by atoms with E-state index < -0.39 is 0 Å². The molecule has 0 spiro atoms. The Hall–Kier alpha value is -3.19. The van der Waals surface area contributed by atoms with Gasteiger partial charge in [0.05, 0.1) is 17.8 Å². The number of hydrogen-bond donors (Lipinski definition) is 3. The number of rotatable bonds is 8. The van der Waals surface area contributed by atoms with Crippen molar-refractivity contribution in [1.82, 2.24) is 15.5 Å². The number of anilines is 1. The highest BCUT2D eigenvalue weighted by molar-refractivity contribution is 6.04. The van der Waals surface area contributed by atoms with E-state index >= 15 is 0 Å². The number of piperidine rings is 1. The molecule has 1 saturated heterocycles. The highest BCUT2D eigenvalue weighted by atomic mass is 16.2. The van der Waals surface area contributed by atoms with Gasteiger partial charge in [-0.25, -0.2) is 0 Å². The first-order chi connectivity index (χ1) is 15.8. The van der Waals surface area contributed by atoms with Crippen LogP contribution in [-0.2, 0) is 16.1 Å². The van der Waals surface area contributed by atoms with E-state index in [-0.39, 0.29) is 36.2 Å². The first-order valence-electron chi connectivity index (χ1n) is 11.6. The highest BCUT2D eigenvalue weighted by Crippen LogP contribution is 2.16. The normalized spacial score (nSPS) is 14.7. The second kappa shape index (κ2) is 11.6. The summed E-state index contributed by atoms with van der Waals surface area (Å²) in [5.74, 6) is -0.335. The average molecular weight is 451 g/mol. The molecule has 7 heteroatoms. The van der Waals surface area contributed by atoms with E-state index in [0.717, 1.165) is 31.5 Å². The standard InChI is InChI=1S/C26H34N4O3/c1-18(2)25(32)28-21-12-14-30(15-13-21)17-24(31)29-23-7-5-4-6-22(23)26(33)27-16-20-10-8-19(3)9-11-20/h4-11,18,21H,12-17H2,1-3H3,(H,27,33)(H,28,32)(H,29,31). The van der Waals surface area contributed by atoms with Crippen LogP contribution in [0.15, 0.2) is 48.5 Å². The Balaban J connectivity index is 1.50. The van der Waals surface area contributed by atoms with Crippen molar-refractivity contribution in [2.24, 2.45) is 5.92 Å². The Morgan fingerprint density at radius 3 is 2.33 bits per heavy atom. The Morgan fingerprint density at radius 2 is 1.67 bits per heavy atom. The fourth-order valence-corrected chi connectivity index (χ4v) is 3.77. The smallest absolute Gasteiger partial charge is 0.253 e. The van der Waals surface area contributed by atoms with Gasteiger partial charge in [-0.15, -0.1) is 0 Å². The van der Waals surface area contributed by atoms with Crippen LogP contribution in [0, 0.1) is 12.8 Å². The first kappa shape index (κ1) is 24.5. The molecule has 3 N–H and O–H groups in total. The largest absolute Gasteiger partial charge is 0.353 e. The molecule has 2 aromatic carbocycles. The van der Waals surface area contributed by atoms with Crippen molar-refractivity contribution in [1.29, 1.82) is 0 Å². The highest BCUT2D eigenvalue weighted by Gasteiger charge is 2.23. The summed E-state index contributed by atoms with van der Waals surface area (Å²) in [5.41, 5.74) is 3.13. The number of para-hydroxylation sites is 1. The molecule has 33 heavy (non-hydrogen) atoms. The van der Waals surface area contributed by atoms with Gasteiger partial charge in [-0.3, -0.25) is 19.3 Å². The fourth-order valence-electron chi connectivity index (χ4n) is 3.77. The number of aryl methyl sites for hydroxylation is 1. The van der Waals surface area contributed by atoms with Gasteiger partial charge in [-0.1, -0.05) is 55.8 Å². The van der Waals surface area contributed by atoms with Crippen LogP contribution in [-0.4, -0.2) is 48.3 Å². The van der Waals surface area contributed by atoms with Crippen LogP contribution >= 0.6 is 0 Å². The molecule has 1 aliphatic rings. The van der Waals surface area contributed by atoms with Gasteiger partial charge in [0, 0.05) is 31.6 Å². The Kier molecular flexibility index (Phi) is 8.60. The van der Waals surface area contributed by atoms with Crippen LogP contribution < -0.4 is 16.0 Å². The van der Waals surface area contributed by atoms with Crippen molar-refractivity contribution in [3.05, 3.63) is 65.2 Å². The number of hydrogen-bond acceptors (Lipinski definition) is 4. The Bertz CT molecular complexity index is 964. The topological polar surface area (TPSA) is 90.5 Å². The van der Waals surface area contributed by atoms with E-state index in [1.54, 1.807) is 24.3 Å². The van der Waals surface area contributed by atoms with E-state index in [9.17, 15) is 14.4 Å². The first-order valence-corrected chi connectivity index (χ1v) is 11.6. The molecule has 1 heterocycles. The third-order valence-corrected chi connectivity index (χ3v) is 5.85. The van der Waals surface area contributed by atoms with Gasteiger partial charge in [-0.2, -0.15) is 0 Å². The summed E-state index contributed by atoms with van der Waals surface area (Å²) in [6.07, 6.45) is 1.65. The average Bonchev–Trinajstić information content (AvgIpc) is 2.80.